The van der Waals surface area contributed by atoms with Gasteiger partial charge in [0.2, 0.25) is 0 Å². The molecule has 1 amide bonds. The number of carbonyl (C=O) groups excluding carboxylic acids is 1. The molecule has 0 aliphatic heterocycles. The standard InChI is InChI=1S/C17H26N2O2/c1-3-18-13-9-10-14(12(2)11-13)17(21)19-15-7-5-4-6-8-16(15)20/h9-11,15-16,18,20H,3-8H2,1-2H3,(H,19,21). The summed E-state index contributed by atoms with van der Waals surface area (Å²) in [5.41, 5.74) is 2.67. The molecule has 1 fully saturated rings. The van der Waals surface area contributed by atoms with Gasteiger partial charge in [0.15, 0.2) is 0 Å². The Balaban J connectivity index is 2.05. The van der Waals surface area contributed by atoms with Gasteiger partial charge < -0.3 is 15.7 Å². The van der Waals surface area contributed by atoms with Crippen LogP contribution in [-0.2, 0) is 0 Å². The molecule has 4 heteroatoms. The summed E-state index contributed by atoms with van der Waals surface area (Å²) in [4.78, 5) is 12.4. The Labute approximate surface area is 126 Å². The van der Waals surface area contributed by atoms with Crippen molar-refractivity contribution in [2.24, 2.45) is 0 Å². The van der Waals surface area contributed by atoms with E-state index in [0.717, 1.165) is 49.9 Å². The quantitative estimate of drug-likeness (QED) is 0.747. The van der Waals surface area contributed by atoms with Crippen molar-refractivity contribution in [2.75, 3.05) is 11.9 Å². The van der Waals surface area contributed by atoms with E-state index in [1.807, 2.05) is 32.0 Å². The lowest BCUT2D eigenvalue weighted by atomic mass is 10.0. The summed E-state index contributed by atoms with van der Waals surface area (Å²) in [5, 5.41) is 16.4. The van der Waals surface area contributed by atoms with Gasteiger partial charge in [0.25, 0.3) is 5.91 Å². The average Bonchev–Trinajstić information content (AvgIpc) is 2.64. The van der Waals surface area contributed by atoms with Crippen LogP contribution in [-0.4, -0.2) is 29.7 Å². The molecule has 0 aromatic heterocycles. The molecule has 1 aromatic rings. The third kappa shape index (κ3) is 4.21. The number of nitrogens with one attached hydrogen (secondary N) is 2. The minimum atomic E-state index is -0.419. The van der Waals surface area contributed by atoms with E-state index in [-0.39, 0.29) is 11.9 Å². The second-order valence-corrected chi connectivity index (χ2v) is 5.85. The number of anilines is 1. The SMILES string of the molecule is CCNc1ccc(C(=O)NC2CCCCCC2O)c(C)c1. The van der Waals surface area contributed by atoms with Crippen LogP contribution in [0, 0.1) is 6.92 Å². The molecule has 3 N–H and O–H groups in total. The van der Waals surface area contributed by atoms with Gasteiger partial charge in [-0.2, -0.15) is 0 Å². The van der Waals surface area contributed by atoms with Crippen molar-refractivity contribution < 1.29 is 9.90 Å². The fraction of sp³-hybridized carbons (Fsp3) is 0.588. The number of aryl methyl sites for hydroxylation is 1. The Kier molecular flexibility index (Phi) is 5.62. The predicted octanol–water partition coefficient (Wildman–Crippen LogP) is 2.85. The molecule has 0 bridgehead atoms. The summed E-state index contributed by atoms with van der Waals surface area (Å²) in [6.07, 6.45) is 4.48. The highest BCUT2D eigenvalue weighted by atomic mass is 16.3. The normalized spacial score (nSPS) is 22.4. The maximum atomic E-state index is 12.4. The molecular formula is C17H26N2O2. The van der Waals surface area contributed by atoms with E-state index in [1.54, 1.807) is 0 Å². The molecule has 0 heterocycles. The minimum absolute atomic E-state index is 0.0819. The first-order valence-electron chi connectivity index (χ1n) is 7.95. The number of benzene rings is 1. The molecule has 0 spiro atoms. The summed E-state index contributed by atoms with van der Waals surface area (Å²) >= 11 is 0. The van der Waals surface area contributed by atoms with Crippen LogP contribution in [0.25, 0.3) is 0 Å². The Bertz CT molecular complexity index is 488. The van der Waals surface area contributed by atoms with E-state index in [1.165, 1.54) is 0 Å². The van der Waals surface area contributed by atoms with Crippen LogP contribution in [0.3, 0.4) is 0 Å². The predicted molar refractivity (Wildman–Crippen MR) is 85.7 cm³/mol. The number of rotatable bonds is 4. The maximum absolute atomic E-state index is 12.4. The fourth-order valence-electron chi connectivity index (χ4n) is 2.94. The maximum Gasteiger partial charge on any atom is 0.251 e. The Morgan fingerprint density at radius 3 is 2.76 bits per heavy atom. The molecule has 0 radical (unpaired) electrons. The number of amides is 1. The van der Waals surface area contributed by atoms with Crippen LogP contribution < -0.4 is 10.6 Å². The number of carbonyl (C=O) groups is 1. The van der Waals surface area contributed by atoms with E-state index >= 15 is 0 Å². The van der Waals surface area contributed by atoms with Crippen molar-refractivity contribution in [3.05, 3.63) is 29.3 Å². The van der Waals surface area contributed by atoms with Crippen LogP contribution >= 0.6 is 0 Å². The second kappa shape index (κ2) is 7.46. The third-order valence-corrected chi connectivity index (χ3v) is 4.15. The van der Waals surface area contributed by atoms with Crippen molar-refractivity contribution >= 4 is 11.6 Å². The van der Waals surface area contributed by atoms with E-state index < -0.39 is 6.10 Å². The molecule has 21 heavy (non-hydrogen) atoms. The van der Waals surface area contributed by atoms with Crippen LogP contribution in [0.2, 0.25) is 0 Å². The number of aliphatic hydroxyl groups excluding tert-OH is 1. The molecule has 1 aliphatic carbocycles. The molecule has 1 aromatic carbocycles. The largest absolute Gasteiger partial charge is 0.391 e. The van der Waals surface area contributed by atoms with Gasteiger partial charge in [0, 0.05) is 17.8 Å². The van der Waals surface area contributed by atoms with E-state index in [2.05, 4.69) is 10.6 Å². The topological polar surface area (TPSA) is 61.4 Å². The molecule has 1 aliphatic rings. The van der Waals surface area contributed by atoms with Gasteiger partial charge in [-0.05, 0) is 50.5 Å². The fourth-order valence-corrected chi connectivity index (χ4v) is 2.94. The monoisotopic (exact) mass is 290 g/mol. The average molecular weight is 290 g/mol. The zero-order chi connectivity index (χ0) is 15.2. The Hall–Kier alpha value is -1.55. The zero-order valence-corrected chi connectivity index (χ0v) is 13.0. The van der Waals surface area contributed by atoms with Crippen LogP contribution in [0.4, 0.5) is 5.69 Å². The number of hydrogen-bond donors (Lipinski definition) is 3. The second-order valence-electron chi connectivity index (χ2n) is 5.85. The van der Waals surface area contributed by atoms with Crippen molar-refractivity contribution in [1.29, 1.82) is 0 Å². The van der Waals surface area contributed by atoms with Gasteiger partial charge in [-0.3, -0.25) is 4.79 Å². The first kappa shape index (κ1) is 15.8. The van der Waals surface area contributed by atoms with E-state index in [0.29, 0.717) is 5.56 Å². The number of aliphatic hydroxyl groups is 1. The Morgan fingerprint density at radius 2 is 2.05 bits per heavy atom. The first-order chi connectivity index (χ1) is 10.1. The van der Waals surface area contributed by atoms with Crippen molar-refractivity contribution in [1.82, 2.24) is 5.32 Å². The van der Waals surface area contributed by atoms with Crippen molar-refractivity contribution in [2.45, 2.75) is 58.1 Å². The van der Waals surface area contributed by atoms with Crippen LogP contribution in [0.1, 0.15) is 54.9 Å². The minimum Gasteiger partial charge on any atom is -0.391 e. The molecule has 0 saturated heterocycles. The molecule has 2 unspecified atom stereocenters. The number of hydrogen-bond acceptors (Lipinski definition) is 3. The third-order valence-electron chi connectivity index (χ3n) is 4.15. The summed E-state index contributed by atoms with van der Waals surface area (Å²) in [6.45, 7) is 4.85. The zero-order valence-electron chi connectivity index (χ0n) is 13.0. The van der Waals surface area contributed by atoms with Gasteiger partial charge in [-0.1, -0.05) is 19.3 Å². The molecule has 4 nitrogen and oxygen atoms in total. The van der Waals surface area contributed by atoms with Crippen molar-refractivity contribution in [3.63, 3.8) is 0 Å². The highest BCUT2D eigenvalue weighted by Gasteiger charge is 2.24. The first-order valence-corrected chi connectivity index (χ1v) is 7.95. The van der Waals surface area contributed by atoms with Gasteiger partial charge in [-0.25, -0.2) is 0 Å². The lowest BCUT2D eigenvalue weighted by Gasteiger charge is -2.22. The van der Waals surface area contributed by atoms with Gasteiger partial charge in [0.05, 0.1) is 12.1 Å². The van der Waals surface area contributed by atoms with Gasteiger partial charge in [-0.15, -0.1) is 0 Å². The van der Waals surface area contributed by atoms with Gasteiger partial charge >= 0.3 is 0 Å². The smallest absolute Gasteiger partial charge is 0.251 e. The molecule has 116 valence electrons. The molecule has 2 atom stereocenters. The lowest BCUT2D eigenvalue weighted by molar-refractivity contribution is 0.0818. The Morgan fingerprint density at radius 1 is 1.29 bits per heavy atom. The van der Waals surface area contributed by atoms with Crippen molar-refractivity contribution in [3.8, 4) is 0 Å². The summed E-state index contributed by atoms with van der Waals surface area (Å²) < 4.78 is 0. The highest BCUT2D eigenvalue weighted by Crippen LogP contribution is 2.20. The van der Waals surface area contributed by atoms with Gasteiger partial charge in [0.1, 0.15) is 0 Å². The van der Waals surface area contributed by atoms with E-state index in [9.17, 15) is 9.90 Å². The van der Waals surface area contributed by atoms with E-state index in [4.69, 9.17) is 0 Å². The highest BCUT2D eigenvalue weighted by molar-refractivity contribution is 5.96. The summed E-state index contributed by atoms with van der Waals surface area (Å²) in [6, 6.07) is 5.65. The van der Waals surface area contributed by atoms with Crippen LogP contribution in [0.5, 0.6) is 0 Å². The lowest BCUT2D eigenvalue weighted by Crippen LogP contribution is -2.42. The molecular weight excluding hydrogens is 264 g/mol. The van der Waals surface area contributed by atoms with Crippen LogP contribution in [0.15, 0.2) is 18.2 Å². The molecule has 1 saturated carbocycles. The molecule has 2 rings (SSSR count). The summed E-state index contributed by atoms with van der Waals surface area (Å²) in [7, 11) is 0. The summed E-state index contributed by atoms with van der Waals surface area (Å²) in [5.74, 6) is -0.0819.